The van der Waals surface area contributed by atoms with Crippen molar-refractivity contribution in [1.29, 1.82) is 0 Å². The van der Waals surface area contributed by atoms with Crippen LogP contribution >= 0.6 is 0 Å². The van der Waals surface area contributed by atoms with Crippen molar-refractivity contribution in [3.8, 4) is 0 Å². The number of Topliss-reactive ketones (excluding diaryl/α,β-unsaturated/α-hetero) is 1. The highest BCUT2D eigenvalue weighted by atomic mass is 32.2. The molecule has 0 radical (unpaired) electrons. The SMILES string of the molecule is CC(C)c1ccc(S(=O)C2CCCCC2=O)cc1. The van der Waals surface area contributed by atoms with E-state index in [1.165, 1.54) is 5.56 Å². The molecule has 0 heterocycles. The molecule has 2 rings (SSSR count). The van der Waals surface area contributed by atoms with E-state index in [1.54, 1.807) is 0 Å². The van der Waals surface area contributed by atoms with E-state index in [4.69, 9.17) is 0 Å². The average molecular weight is 264 g/mol. The zero-order valence-corrected chi connectivity index (χ0v) is 11.8. The maximum Gasteiger partial charge on any atom is 0.148 e. The van der Waals surface area contributed by atoms with Crippen molar-refractivity contribution in [2.75, 3.05) is 0 Å². The lowest BCUT2D eigenvalue weighted by Gasteiger charge is -2.20. The number of ketones is 1. The molecule has 0 saturated heterocycles. The maximum absolute atomic E-state index is 12.4. The Bertz CT molecular complexity index is 448. The Morgan fingerprint density at radius 3 is 2.39 bits per heavy atom. The topological polar surface area (TPSA) is 34.1 Å². The molecule has 1 aromatic carbocycles. The fourth-order valence-electron chi connectivity index (χ4n) is 2.33. The van der Waals surface area contributed by atoms with Crippen LogP contribution in [0.1, 0.15) is 51.0 Å². The smallest absolute Gasteiger partial charge is 0.148 e. The van der Waals surface area contributed by atoms with Gasteiger partial charge in [-0.05, 0) is 36.5 Å². The number of carbonyl (C=O) groups excluding carboxylic acids is 1. The summed E-state index contributed by atoms with van der Waals surface area (Å²) in [5.41, 5.74) is 1.24. The summed E-state index contributed by atoms with van der Waals surface area (Å²) in [5, 5.41) is -0.274. The Morgan fingerprint density at radius 2 is 1.83 bits per heavy atom. The van der Waals surface area contributed by atoms with Crippen LogP contribution in [0.2, 0.25) is 0 Å². The van der Waals surface area contributed by atoms with Crippen LogP contribution in [0, 0.1) is 0 Å². The third-order valence-electron chi connectivity index (χ3n) is 3.54. The molecule has 1 fully saturated rings. The van der Waals surface area contributed by atoms with E-state index in [1.807, 2.05) is 24.3 Å². The number of hydrogen-bond donors (Lipinski definition) is 0. The van der Waals surface area contributed by atoms with Gasteiger partial charge in [0.05, 0.1) is 16.0 Å². The summed E-state index contributed by atoms with van der Waals surface area (Å²) in [6.07, 6.45) is 3.35. The normalized spacial score (nSPS) is 22.2. The lowest BCUT2D eigenvalue weighted by Crippen LogP contribution is -2.29. The molecule has 1 aromatic rings. The molecule has 1 aliphatic carbocycles. The lowest BCUT2D eigenvalue weighted by molar-refractivity contribution is -0.119. The third-order valence-corrected chi connectivity index (χ3v) is 5.29. The van der Waals surface area contributed by atoms with Gasteiger partial charge in [0.1, 0.15) is 5.78 Å². The molecular formula is C15H20O2S. The molecule has 3 heteroatoms. The number of rotatable bonds is 3. The van der Waals surface area contributed by atoms with Crippen LogP contribution in [0.3, 0.4) is 0 Å². The molecule has 2 atom stereocenters. The monoisotopic (exact) mass is 264 g/mol. The summed E-state index contributed by atoms with van der Waals surface area (Å²) in [5.74, 6) is 0.649. The maximum atomic E-state index is 12.4. The van der Waals surface area contributed by atoms with Crippen molar-refractivity contribution in [2.24, 2.45) is 0 Å². The molecule has 0 aliphatic heterocycles. The van der Waals surface area contributed by atoms with Gasteiger partial charge in [-0.3, -0.25) is 9.00 Å². The van der Waals surface area contributed by atoms with Crippen molar-refractivity contribution in [3.63, 3.8) is 0 Å². The fourth-order valence-corrected chi connectivity index (χ4v) is 3.80. The van der Waals surface area contributed by atoms with Gasteiger partial charge in [-0.15, -0.1) is 0 Å². The molecule has 0 spiro atoms. The third kappa shape index (κ3) is 2.89. The van der Waals surface area contributed by atoms with E-state index in [9.17, 15) is 9.00 Å². The van der Waals surface area contributed by atoms with E-state index < -0.39 is 10.8 Å². The first-order chi connectivity index (χ1) is 8.59. The quantitative estimate of drug-likeness (QED) is 0.838. The van der Waals surface area contributed by atoms with E-state index in [2.05, 4.69) is 13.8 Å². The first kappa shape index (κ1) is 13.5. The van der Waals surface area contributed by atoms with Crippen LogP contribution in [0.15, 0.2) is 29.2 Å². The molecule has 18 heavy (non-hydrogen) atoms. The minimum atomic E-state index is -1.17. The minimum absolute atomic E-state index is 0.174. The van der Waals surface area contributed by atoms with Gasteiger partial charge >= 0.3 is 0 Å². The Balaban J connectivity index is 2.15. The summed E-state index contributed by atoms with van der Waals surface area (Å²) in [6, 6.07) is 7.86. The highest BCUT2D eigenvalue weighted by molar-refractivity contribution is 7.86. The molecule has 1 aliphatic rings. The largest absolute Gasteiger partial charge is 0.298 e. The number of carbonyl (C=O) groups is 1. The molecule has 0 N–H and O–H groups in total. The molecule has 2 unspecified atom stereocenters. The predicted molar refractivity (Wildman–Crippen MR) is 74.2 cm³/mol. The number of benzene rings is 1. The zero-order chi connectivity index (χ0) is 13.1. The number of hydrogen-bond acceptors (Lipinski definition) is 2. The van der Waals surface area contributed by atoms with Crippen molar-refractivity contribution >= 4 is 16.6 Å². The second kappa shape index (κ2) is 5.79. The van der Waals surface area contributed by atoms with Crippen LogP contribution in [0.25, 0.3) is 0 Å². The molecule has 0 aromatic heterocycles. The van der Waals surface area contributed by atoms with Crippen LogP contribution < -0.4 is 0 Å². The van der Waals surface area contributed by atoms with Gasteiger partial charge in [-0.2, -0.15) is 0 Å². The van der Waals surface area contributed by atoms with Gasteiger partial charge in [0.25, 0.3) is 0 Å². The van der Waals surface area contributed by atoms with Gasteiger partial charge in [0.15, 0.2) is 0 Å². The standard InChI is InChI=1S/C15H20O2S/c1-11(2)12-7-9-13(10-8-12)18(17)15-6-4-3-5-14(15)16/h7-11,15H,3-6H2,1-2H3. The Labute approximate surface area is 111 Å². The van der Waals surface area contributed by atoms with Gasteiger partial charge in [-0.1, -0.05) is 32.4 Å². The summed E-state index contributed by atoms with van der Waals surface area (Å²) < 4.78 is 12.4. The minimum Gasteiger partial charge on any atom is -0.298 e. The van der Waals surface area contributed by atoms with Crippen molar-refractivity contribution in [2.45, 2.75) is 55.6 Å². The van der Waals surface area contributed by atoms with Crippen molar-refractivity contribution < 1.29 is 9.00 Å². The van der Waals surface area contributed by atoms with Gasteiger partial charge in [0, 0.05) is 11.3 Å². The second-order valence-corrected chi connectivity index (χ2v) is 6.86. The van der Waals surface area contributed by atoms with Crippen molar-refractivity contribution in [1.82, 2.24) is 0 Å². The summed E-state index contributed by atoms with van der Waals surface area (Å²) in [6.45, 7) is 4.27. The molecule has 0 amide bonds. The van der Waals surface area contributed by atoms with E-state index in [-0.39, 0.29) is 11.0 Å². The van der Waals surface area contributed by atoms with Crippen molar-refractivity contribution in [3.05, 3.63) is 29.8 Å². The average Bonchev–Trinajstić information content (AvgIpc) is 2.38. The van der Waals surface area contributed by atoms with E-state index >= 15 is 0 Å². The fraction of sp³-hybridized carbons (Fsp3) is 0.533. The molecule has 1 saturated carbocycles. The van der Waals surface area contributed by atoms with Gasteiger partial charge in [0.2, 0.25) is 0 Å². The molecule has 0 bridgehead atoms. The van der Waals surface area contributed by atoms with Gasteiger partial charge < -0.3 is 0 Å². The first-order valence-corrected chi connectivity index (χ1v) is 7.84. The Morgan fingerprint density at radius 1 is 1.17 bits per heavy atom. The Hall–Kier alpha value is -0.960. The highest BCUT2D eigenvalue weighted by Gasteiger charge is 2.28. The Kier molecular flexibility index (Phi) is 4.33. The predicted octanol–water partition coefficient (Wildman–Crippen LogP) is 3.43. The highest BCUT2D eigenvalue weighted by Crippen LogP contribution is 2.24. The summed E-state index contributed by atoms with van der Waals surface area (Å²) in [4.78, 5) is 12.6. The summed E-state index contributed by atoms with van der Waals surface area (Å²) >= 11 is 0. The van der Waals surface area contributed by atoms with Crippen LogP contribution in [0.5, 0.6) is 0 Å². The lowest BCUT2D eigenvalue weighted by atomic mass is 9.99. The van der Waals surface area contributed by atoms with Crippen LogP contribution in [0.4, 0.5) is 0 Å². The van der Waals surface area contributed by atoms with Gasteiger partial charge in [-0.25, -0.2) is 0 Å². The molecule has 2 nitrogen and oxygen atoms in total. The zero-order valence-electron chi connectivity index (χ0n) is 11.0. The first-order valence-electron chi connectivity index (χ1n) is 6.63. The van der Waals surface area contributed by atoms with E-state index in [0.29, 0.717) is 12.3 Å². The van der Waals surface area contributed by atoms with E-state index in [0.717, 1.165) is 24.2 Å². The molecular weight excluding hydrogens is 244 g/mol. The molecule has 98 valence electrons. The van der Waals surface area contributed by atoms with Crippen LogP contribution in [-0.4, -0.2) is 15.2 Å². The van der Waals surface area contributed by atoms with Crippen LogP contribution in [-0.2, 0) is 15.6 Å². The summed E-state index contributed by atoms with van der Waals surface area (Å²) in [7, 11) is -1.17. The second-order valence-electron chi connectivity index (χ2n) is 5.22.